The maximum atomic E-state index is 12.3. The smallest absolute Gasteiger partial charge is 0.344 e. The van der Waals surface area contributed by atoms with Crippen molar-refractivity contribution in [3.63, 3.8) is 0 Å². The van der Waals surface area contributed by atoms with Crippen molar-refractivity contribution in [1.82, 2.24) is 0 Å². The predicted molar refractivity (Wildman–Crippen MR) is 76.0 cm³/mol. The lowest BCUT2D eigenvalue weighted by Gasteiger charge is -2.35. The van der Waals surface area contributed by atoms with Crippen molar-refractivity contribution in [2.75, 3.05) is 0 Å². The van der Waals surface area contributed by atoms with Crippen molar-refractivity contribution in [3.8, 4) is 5.75 Å². The van der Waals surface area contributed by atoms with Gasteiger partial charge in [0.2, 0.25) is 0 Å². The molecule has 1 aromatic heterocycles. The third-order valence-corrected chi connectivity index (χ3v) is 3.97. The second-order valence-corrected chi connectivity index (χ2v) is 5.44. The van der Waals surface area contributed by atoms with Crippen LogP contribution in [0.2, 0.25) is 0 Å². The van der Waals surface area contributed by atoms with Crippen LogP contribution < -0.4 is 10.4 Å². The molecule has 0 fully saturated rings. The second-order valence-electron chi connectivity index (χ2n) is 5.44. The number of aliphatic hydroxyl groups is 1. The van der Waals surface area contributed by atoms with Crippen molar-refractivity contribution in [3.05, 3.63) is 52.4 Å². The summed E-state index contributed by atoms with van der Waals surface area (Å²) in [5.74, 6) is 0.413. The van der Waals surface area contributed by atoms with E-state index in [9.17, 15) is 9.90 Å². The molecule has 2 heterocycles. The molecule has 2 atom stereocenters. The molecular formula is C16H16O4. The molecule has 2 aromatic rings. The van der Waals surface area contributed by atoms with Gasteiger partial charge >= 0.3 is 5.63 Å². The normalized spacial score (nSPS) is 25.1. The summed E-state index contributed by atoms with van der Waals surface area (Å²) in [5.41, 5.74) is 0.730. The first-order valence-corrected chi connectivity index (χ1v) is 6.51. The molecule has 0 amide bonds. The van der Waals surface area contributed by atoms with Crippen LogP contribution in [0.3, 0.4) is 0 Å². The standard InChI is InChI=1S/C16H16O4/c1-4-16(3)8-11(17)20-14-12-9(2)6-5-7-10(12)19-15(18)13(14)16/h4-7,11,17H,1,8H2,2-3H3. The van der Waals surface area contributed by atoms with E-state index < -0.39 is 17.3 Å². The van der Waals surface area contributed by atoms with Gasteiger partial charge in [0.15, 0.2) is 6.29 Å². The van der Waals surface area contributed by atoms with Crippen molar-refractivity contribution in [2.45, 2.75) is 32.0 Å². The number of hydrogen-bond acceptors (Lipinski definition) is 4. The first kappa shape index (κ1) is 12.9. The molecule has 4 nitrogen and oxygen atoms in total. The highest BCUT2D eigenvalue weighted by Crippen LogP contribution is 2.43. The molecule has 0 saturated heterocycles. The molecular weight excluding hydrogens is 256 g/mol. The van der Waals surface area contributed by atoms with E-state index in [1.807, 2.05) is 26.0 Å². The van der Waals surface area contributed by atoms with E-state index in [4.69, 9.17) is 9.15 Å². The van der Waals surface area contributed by atoms with Gasteiger partial charge in [0, 0.05) is 11.8 Å². The average Bonchev–Trinajstić information content (AvgIpc) is 2.37. The van der Waals surface area contributed by atoms with Crippen LogP contribution in [-0.4, -0.2) is 11.4 Å². The van der Waals surface area contributed by atoms with Gasteiger partial charge in [-0.3, -0.25) is 0 Å². The molecule has 20 heavy (non-hydrogen) atoms. The SMILES string of the molecule is C=CC1(C)CC(O)Oc2c1c(=O)oc1cccc(C)c21. The average molecular weight is 272 g/mol. The quantitative estimate of drug-likeness (QED) is 0.640. The fourth-order valence-electron chi connectivity index (χ4n) is 2.82. The Balaban J connectivity index is 2.49. The monoisotopic (exact) mass is 272 g/mol. The van der Waals surface area contributed by atoms with E-state index in [1.54, 1.807) is 12.1 Å². The second kappa shape index (κ2) is 4.21. The Morgan fingerprint density at radius 3 is 2.95 bits per heavy atom. The zero-order valence-electron chi connectivity index (χ0n) is 11.5. The Bertz CT molecular complexity index is 759. The molecule has 1 aliphatic heterocycles. The maximum absolute atomic E-state index is 12.3. The molecule has 1 N–H and O–H groups in total. The van der Waals surface area contributed by atoms with E-state index >= 15 is 0 Å². The minimum Gasteiger partial charge on any atom is -0.464 e. The zero-order chi connectivity index (χ0) is 14.5. The minimum atomic E-state index is -0.963. The number of allylic oxidation sites excluding steroid dienone is 1. The van der Waals surface area contributed by atoms with Crippen LogP contribution in [0.4, 0.5) is 0 Å². The third-order valence-electron chi connectivity index (χ3n) is 3.97. The van der Waals surface area contributed by atoms with Crippen LogP contribution in [0.25, 0.3) is 11.0 Å². The lowest BCUT2D eigenvalue weighted by Crippen LogP contribution is -2.38. The molecule has 0 saturated carbocycles. The summed E-state index contributed by atoms with van der Waals surface area (Å²) in [5, 5.41) is 10.7. The lowest BCUT2D eigenvalue weighted by molar-refractivity contribution is -0.0458. The molecule has 1 aliphatic rings. The van der Waals surface area contributed by atoms with Crippen molar-refractivity contribution < 1.29 is 14.3 Å². The molecule has 4 heteroatoms. The summed E-state index contributed by atoms with van der Waals surface area (Å²) >= 11 is 0. The summed E-state index contributed by atoms with van der Waals surface area (Å²) in [6.07, 6.45) is 0.986. The van der Waals surface area contributed by atoms with Gasteiger partial charge in [-0.25, -0.2) is 4.79 Å². The van der Waals surface area contributed by atoms with Crippen molar-refractivity contribution in [2.24, 2.45) is 0 Å². The molecule has 0 aliphatic carbocycles. The van der Waals surface area contributed by atoms with E-state index in [-0.39, 0.29) is 6.42 Å². The zero-order valence-corrected chi connectivity index (χ0v) is 11.5. The van der Waals surface area contributed by atoms with Gasteiger partial charge in [-0.2, -0.15) is 0 Å². The summed E-state index contributed by atoms with van der Waals surface area (Å²) < 4.78 is 11.0. The molecule has 2 unspecified atom stereocenters. The van der Waals surface area contributed by atoms with Gasteiger partial charge in [-0.05, 0) is 18.6 Å². The molecule has 0 bridgehead atoms. The van der Waals surface area contributed by atoms with Gasteiger partial charge in [-0.1, -0.05) is 25.1 Å². The van der Waals surface area contributed by atoms with Crippen LogP contribution in [0, 0.1) is 6.92 Å². The summed E-state index contributed by atoms with van der Waals surface area (Å²) in [7, 11) is 0. The number of hydrogen-bond donors (Lipinski definition) is 1. The van der Waals surface area contributed by atoms with Crippen LogP contribution in [0.1, 0.15) is 24.5 Å². The van der Waals surface area contributed by atoms with Crippen LogP contribution in [-0.2, 0) is 5.41 Å². The maximum Gasteiger partial charge on any atom is 0.344 e. The Hall–Kier alpha value is -2.07. The highest BCUT2D eigenvalue weighted by Gasteiger charge is 2.39. The molecule has 0 radical (unpaired) electrons. The van der Waals surface area contributed by atoms with Gasteiger partial charge in [0.05, 0.1) is 10.9 Å². The van der Waals surface area contributed by atoms with E-state index in [0.717, 1.165) is 10.9 Å². The van der Waals surface area contributed by atoms with E-state index in [0.29, 0.717) is 16.9 Å². The van der Waals surface area contributed by atoms with E-state index in [1.165, 1.54) is 0 Å². The van der Waals surface area contributed by atoms with Crippen LogP contribution in [0.15, 0.2) is 40.1 Å². The fourth-order valence-corrected chi connectivity index (χ4v) is 2.82. The Morgan fingerprint density at radius 2 is 2.25 bits per heavy atom. The van der Waals surface area contributed by atoms with Gasteiger partial charge in [-0.15, -0.1) is 6.58 Å². The number of ether oxygens (including phenoxy) is 1. The van der Waals surface area contributed by atoms with Gasteiger partial charge in [0.25, 0.3) is 0 Å². The topological polar surface area (TPSA) is 59.7 Å². The molecule has 3 rings (SSSR count). The first-order chi connectivity index (χ1) is 9.46. The number of aliphatic hydroxyl groups excluding tert-OH is 1. The summed E-state index contributed by atoms with van der Waals surface area (Å²) in [6.45, 7) is 7.55. The van der Waals surface area contributed by atoms with Gasteiger partial charge in [0.1, 0.15) is 11.3 Å². The van der Waals surface area contributed by atoms with Crippen LogP contribution >= 0.6 is 0 Å². The summed E-state index contributed by atoms with van der Waals surface area (Å²) in [4.78, 5) is 12.3. The Labute approximate surface area is 116 Å². The number of fused-ring (bicyclic) bond motifs is 3. The third kappa shape index (κ3) is 1.68. The number of rotatable bonds is 1. The van der Waals surface area contributed by atoms with Gasteiger partial charge < -0.3 is 14.3 Å². The number of benzene rings is 1. The van der Waals surface area contributed by atoms with Crippen molar-refractivity contribution in [1.29, 1.82) is 0 Å². The highest BCUT2D eigenvalue weighted by molar-refractivity contribution is 5.88. The largest absolute Gasteiger partial charge is 0.464 e. The van der Waals surface area contributed by atoms with E-state index in [2.05, 4.69) is 6.58 Å². The predicted octanol–water partition coefficient (Wildman–Crippen LogP) is 2.65. The lowest BCUT2D eigenvalue weighted by atomic mass is 9.77. The molecule has 104 valence electrons. The highest BCUT2D eigenvalue weighted by atomic mass is 16.6. The summed E-state index contributed by atoms with van der Waals surface area (Å²) in [6, 6.07) is 5.46. The first-order valence-electron chi connectivity index (χ1n) is 6.51. The minimum absolute atomic E-state index is 0.283. The van der Waals surface area contributed by atoms with Crippen LogP contribution in [0.5, 0.6) is 5.75 Å². The Kier molecular flexibility index (Phi) is 2.73. The molecule has 0 spiro atoms. The number of aryl methyl sites for hydroxylation is 1. The Morgan fingerprint density at radius 1 is 1.50 bits per heavy atom. The molecule has 1 aromatic carbocycles. The fraction of sp³-hybridized carbons (Fsp3) is 0.312. The van der Waals surface area contributed by atoms with Crippen molar-refractivity contribution >= 4 is 11.0 Å².